The summed E-state index contributed by atoms with van der Waals surface area (Å²) in [6.45, 7) is 6.08. The number of hydrogen-bond donors (Lipinski definition) is 0. The standard InChI is InChI=1S/C50H36N4S/c1-3-16-34(17-4-2)51(35-18-8-5-9-19-35)38-27-31-47-44(33-38)41-29-28-40-43-32-39(52(36-20-10-6-11-21-36)37-22-12-7-13-23-37)26-30-46(43)53-45-25-15-14-24-42(45)50(55)54(47)49(41)48(40)53/h3-33H,1H2,2H3/b17-4-,34-16+. The van der Waals surface area contributed by atoms with Crippen molar-refractivity contribution in [2.75, 3.05) is 9.80 Å². The Bertz CT molecular complexity index is 3150. The predicted molar refractivity (Wildman–Crippen MR) is 237 cm³/mol. The first kappa shape index (κ1) is 32.7. The van der Waals surface area contributed by atoms with Gasteiger partial charge in [-0.25, -0.2) is 0 Å². The molecule has 3 heterocycles. The van der Waals surface area contributed by atoms with Gasteiger partial charge in [-0.3, -0.25) is 4.40 Å². The van der Waals surface area contributed by atoms with Crippen molar-refractivity contribution < 1.29 is 0 Å². The third kappa shape index (κ3) is 5.08. The maximum atomic E-state index is 6.46. The second-order valence-corrected chi connectivity index (χ2v) is 14.1. The van der Waals surface area contributed by atoms with Crippen molar-refractivity contribution in [3.63, 3.8) is 0 Å². The first-order chi connectivity index (χ1) is 27.2. The van der Waals surface area contributed by atoms with Gasteiger partial charge in [-0.1, -0.05) is 110 Å². The molecule has 7 aromatic carbocycles. The number of anilines is 5. The first-order valence-corrected chi connectivity index (χ1v) is 19.0. The van der Waals surface area contributed by atoms with E-state index in [0.717, 1.165) is 82.5 Å². The molecule has 0 atom stereocenters. The zero-order valence-electron chi connectivity index (χ0n) is 30.3. The molecule has 4 nitrogen and oxygen atoms in total. The van der Waals surface area contributed by atoms with E-state index in [-0.39, 0.29) is 0 Å². The van der Waals surface area contributed by atoms with E-state index in [0.29, 0.717) is 0 Å². The molecule has 0 amide bonds. The summed E-state index contributed by atoms with van der Waals surface area (Å²) in [5, 5.41) is 5.71. The summed E-state index contributed by atoms with van der Waals surface area (Å²) in [5.74, 6) is 0. The van der Waals surface area contributed by atoms with Crippen LogP contribution in [0.25, 0.3) is 54.5 Å². The Labute approximate surface area is 324 Å². The van der Waals surface area contributed by atoms with Gasteiger partial charge in [0.1, 0.15) is 4.64 Å². The van der Waals surface area contributed by atoms with Gasteiger partial charge in [0.2, 0.25) is 0 Å². The summed E-state index contributed by atoms with van der Waals surface area (Å²) in [6.07, 6.45) is 8.09. The van der Waals surface area contributed by atoms with Crippen LogP contribution in [0.15, 0.2) is 200 Å². The van der Waals surface area contributed by atoms with Crippen LogP contribution in [0.2, 0.25) is 0 Å². The number of nitrogens with zero attached hydrogens (tertiary/aromatic N) is 4. The number of fused-ring (bicyclic) bond motifs is 8. The fourth-order valence-electron chi connectivity index (χ4n) is 8.41. The minimum atomic E-state index is 0.796. The second kappa shape index (κ2) is 13.2. The van der Waals surface area contributed by atoms with Gasteiger partial charge in [-0.2, -0.15) is 0 Å². The Hall–Kier alpha value is -6.95. The first-order valence-electron chi connectivity index (χ1n) is 18.6. The number of para-hydroxylation sites is 4. The van der Waals surface area contributed by atoms with E-state index in [1.165, 1.54) is 10.8 Å². The maximum Gasteiger partial charge on any atom is 0.120 e. The fraction of sp³-hybridized carbons (Fsp3) is 0.0200. The lowest BCUT2D eigenvalue weighted by Gasteiger charge is -2.26. The molecule has 0 bridgehead atoms. The van der Waals surface area contributed by atoms with Crippen LogP contribution < -0.4 is 9.80 Å². The Morgan fingerprint density at radius 3 is 1.64 bits per heavy atom. The van der Waals surface area contributed by atoms with Crippen molar-refractivity contribution >= 4 is 95.2 Å². The summed E-state index contributed by atoms with van der Waals surface area (Å²) in [6, 6.07) is 58.5. The van der Waals surface area contributed by atoms with Crippen molar-refractivity contribution in [1.82, 2.24) is 8.80 Å². The van der Waals surface area contributed by atoms with E-state index < -0.39 is 0 Å². The molecule has 0 saturated carbocycles. The van der Waals surface area contributed by atoms with Gasteiger partial charge in [-0.15, -0.1) is 0 Å². The Balaban J connectivity index is 1.30. The van der Waals surface area contributed by atoms with Crippen molar-refractivity contribution in [1.29, 1.82) is 0 Å². The Morgan fingerprint density at radius 1 is 0.509 bits per heavy atom. The zero-order valence-corrected chi connectivity index (χ0v) is 31.1. The highest BCUT2D eigenvalue weighted by molar-refractivity contribution is 7.71. The SMILES string of the molecule is C=C/C=C(\C=C/C)N(c1ccccc1)c1ccc2c(c1)c1ccc3c4cc(N(c5ccccc5)c5ccccc5)ccc4n4c5ccccc5c(=S)n2c1c34. The predicted octanol–water partition coefficient (Wildman–Crippen LogP) is 14.2. The maximum absolute atomic E-state index is 6.46. The lowest BCUT2D eigenvalue weighted by Crippen LogP contribution is -2.15. The third-order valence-corrected chi connectivity index (χ3v) is 11.0. The molecule has 10 rings (SSSR count). The highest BCUT2D eigenvalue weighted by atomic mass is 32.1. The van der Waals surface area contributed by atoms with Gasteiger partial charge in [0, 0.05) is 61.1 Å². The molecular formula is C50H36N4S. The molecule has 0 aliphatic heterocycles. The van der Waals surface area contributed by atoms with Gasteiger partial charge in [0.25, 0.3) is 0 Å². The van der Waals surface area contributed by atoms with Gasteiger partial charge >= 0.3 is 0 Å². The minimum absolute atomic E-state index is 0.796. The van der Waals surface area contributed by atoms with Gasteiger partial charge in [-0.05, 0) is 104 Å². The highest BCUT2D eigenvalue weighted by Gasteiger charge is 2.23. The van der Waals surface area contributed by atoms with E-state index >= 15 is 0 Å². The van der Waals surface area contributed by atoms with Gasteiger partial charge in [0.15, 0.2) is 0 Å². The summed E-state index contributed by atoms with van der Waals surface area (Å²) in [5.41, 5.74) is 12.0. The molecule has 0 spiro atoms. The molecule has 0 aliphatic carbocycles. The second-order valence-electron chi connectivity index (χ2n) is 13.8. The van der Waals surface area contributed by atoms with Crippen LogP contribution in [0.1, 0.15) is 6.92 Å². The van der Waals surface area contributed by atoms with Crippen LogP contribution in [0.5, 0.6) is 0 Å². The van der Waals surface area contributed by atoms with Gasteiger partial charge < -0.3 is 14.2 Å². The summed E-state index contributed by atoms with van der Waals surface area (Å²) in [4.78, 5) is 4.61. The molecule has 262 valence electrons. The van der Waals surface area contributed by atoms with Crippen LogP contribution in [0.3, 0.4) is 0 Å². The van der Waals surface area contributed by atoms with Crippen LogP contribution in [0, 0.1) is 4.64 Å². The highest BCUT2D eigenvalue weighted by Crippen LogP contribution is 2.44. The number of aromatic nitrogens is 2. The lowest BCUT2D eigenvalue weighted by molar-refractivity contribution is 1.21. The van der Waals surface area contributed by atoms with Crippen LogP contribution in [-0.4, -0.2) is 8.80 Å². The molecular weight excluding hydrogens is 689 g/mol. The molecule has 0 fully saturated rings. The molecule has 0 aliphatic rings. The van der Waals surface area contributed by atoms with Crippen LogP contribution in [-0.2, 0) is 0 Å². The summed E-state index contributed by atoms with van der Waals surface area (Å²) in [7, 11) is 0. The monoisotopic (exact) mass is 724 g/mol. The molecule has 55 heavy (non-hydrogen) atoms. The Morgan fingerprint density at radius 2 is 1.02 bits per heavy atom. The smallest absolute Gasteiger partial charge is 0.120 e. The molecule has 5 heteroatoms. The van der Waals surface area contributed by atoms with Crippen LogP contribution >= 0.6 is 12.2 Å². The van der Waals surface area contributed by atoms with E-state index in [4.69, 9.17) is 12.2 Å². The van der Waals surface area contributed by atoms with Crippen molar-refractivity contribution in [2.24, 2.45) is 0 Å². The number of rotatable bonds is 8. The van der Waals surface area contributed by atoms with Crippen molar-refractivity contribution in [3.8, 4) is 0 Å². The summed E-state index contributed by atoms with van der Waals surface area (Å²) < 4.78 is 5.54. The average molecular weight is 725 g/mol. The number of allylic oxidation sites excluding steroid dienone is 4. The van der Waals surface area contributed by atoms with Crippen molar-refractivity contribution in [2.45, 2.75) is 6.92 Å². The van der Waals surface area contributed by atoms with E-state index in [1.54, 1.807) is 0 Å². The van der Waals surface area contributed by atoms with E-state index in [9.17, 15) is 0 Å². The lowest BCUT2D eigenvalue weighted by atomic mass is 10.1. The molecule has 3 aromatic heterocycles. The third-order valence-electron chi connectivity index (χ3n) is 10.6. The average Bonchev–Trinajstić information content (AvgIpc) is 3.71. The van der Waals surface area contributed by atoms with E-state index in [1.807, 2.05) is 13.0 Å². The Kier molecular flexibility index (Phi) is 7.82. The molecule has 0 radical (unpaired) electrons. The molecule has 0 N–H and O–H groups in total. The summed E-state index contributed by atoms with van der Waals surface area (Å²) >= 11 is 6.46. The van der Waals surface area contributed by atoms with E-state index in [2.05, 4.69) is 207 Å². The number of hydrogen-bond acceptors (Lipinski definition) is 3. The molecule has 10 aromatic rings. The fourth-order valence-corrected chi connectivity index (χ4v) is 8.77. The largest absolute Gasteiger partial charge is 0.310 e. The van der Waals surface area contributed by atoms with Crippen molar-refractivity contribution in [3.05, 3.63) is 205 Å². The minimum Gasteiger partial charge on any atom is -0.310 e. The van der Waals surface area contributed by atoms with Crippen LogP contribution in [0.4, 0.5) is 28.4 Å². The number of benzene rings is 7. The molecule has 0 saturated heterocycles. The van der Waals surface area contributed by atoms with Gasteiger partial charge in [0.05, 0.1) is 27.6 Å². The zero-order chi connectivity index (χ0) is 37.0. The quantitative estimate of drug-likeness (QED) is 0.115. The molecule has 0 unspecified atom stereocenters. The normalized spacial score (nSPS) is 12.3. The topological polar surface area (TPSA) is 15.3 Å².